The van der Waals surface area contributed by atoms with Gasteiger partial charge >= 0.3 is 87.3 Å². The van der Waals surface area contributed by atoms with Gasteiger partial charge in [-0.15, -0.1) is 0 Å². The fourth-order valence-electron chi connectivity index (χ4n) is 0. The van der Waals surface area contributed by atoms with Crippen LogP contribution in [0.2, 0.25) is 0 Å². The summed E-state index contributed by atoms with van der Waals surface area (Å²) in [7, 11) is 0. The average Bonchev–Trinajstić information content (AvgIpc) is 0. The minimum absolute atomic E-state index is 0. The molecule has 0 unspecified atom stereocenters. The maximum atomic E-state index is 0. The first-order chi connectivity index (χ1) is 0. The Labute approximate surface area is 124 Å². The van der Waals surface area contributed by atoms with E-state index >= 15 is 0 Å². The maximum Gasteiger partial charge on any atom is 5.00 e. The van der Waals surface area contributed by atoms with E-state index in [9.17, 15) is 0 Å². The molecule has 0 aromatic heterocycles. The van der Waals surface area contributed by atoms with Crippen LogP contribution in [0.25, 0.3) is 0 Å². The molecule has 0 aliphatic carbocycles. The van der Waals surface area contributed by atoms with E-state index in [2.05, 4.69) is 0 Å². The van der Waals surface area contributed by atoms with Crippen molar-refractivity contribution in [3.05, 3.63) is 0 Å². The Morgan fingerprint density at radius 3 is 0.625 bits per heavy atom. The molecule has 0 aliphatic rings. The third-order valence-corrected chi connectivity index (χ3v) is 0. The first kappa shape index (κ1) is 117. The summed E-state index contributed by atoms with van der Waals surface area (Å²) in [6.45, 7) is 0. The Hall–Kier alpha value is 3.11. The van der Waals surface area contributed by atoms with Crippen molar-refractivity contribution in [3.8, 4) is 0 Å². The fourth-order valence-corrected chi connectivity index (χ4v) is 0. The van der Waals surface area contributed by atoms with Crippen LogP contribution in [0, 0.1) is 0 Å². The van der Waals surface area contributed by atoms with Crippen molar-refractivity contribution in [2.24, 2.45) is 0 Å². The van der Waals surface area contributed by atoms with E-state index < -0.39 is 0 Å². The normalized spacial score (nSPS) is 0. The van der Waals surface area contributed by atoms with Crippen LogP contribution in [0.1, 0.15) is 0 Å². The predicted molar refractivity (Wildman–Crippen MR) is 9.89 cm³/mol. The topological polar surface area (TPSA) is 114 Å². The second kappa shape index (κ2) is 86.7. The SMILES string of the molecule is [Cr+3].[Fe].[KH].[O-2].[O-2].[O-2].[O-2].[V+5]. The molecular weight excluding hydrogens is 262 g/mol. The number of hydrogen-bond donors (Lipinski definition) is 0. The van der Waals surface area contributed by atoms with Gasteiger partial charge in [-0.2, -0.15) is 0 Å². The van der Waals surface area contributed by atoms with Gasteiger partial charge in [-0.25, -0.2) is 0 Å². The van der Waals surface area contributed by atoms with Crippen LogP contribution >= 0.6 is 0 Å². The minimum atomic E-state index is 0. The summed E-state index contributed by atoms with van der Waals surface area (Å²) < 4.78 is 0. The maximum absolute atomic E-state index is 0. The van der Waals surface area contributed by atoms with E-state index in [0.717, 1.165) is 0 Å². The average molecular weight is 263 g/mol. The predicted octanol–water partition coefficient (Wildman–Crippen LogP) is -1.13. The molecule has 45 valence electrons. The zero-order valence-corrected chi connectivity index (χ0v) is 6.62. The van der Waals surface area contributed by atoms with Crippen molar-refractivity contribution >= 4 is 51.4 Å². The van der Waals surface area contributed by atoms with Crippen LogP contribution in [0.3, 0.4) is 0 Å². The fraction of sp³-hybridized carbons (Fsp3) is 0. The molecule has 0 atom stereocenters. The number of rotatable bonds is 0. The largest absolute Gasteiger partial charge is 5.00 e. The Morgan fingerprint density at radius 1 is 0.625 bits per heavy atom. The first-order valence-corrected chi connectivity index (χ1v) is 0. The molecule has 0 saturated carbocycles. The molecule has 0 N–H and O–H groups in total. The molecule has 0 amide bonds. The summed E-state index contributed by atoms with van der Waals surface area (Å²) >= 11 is 0. The summed E-state index contributed by atoms with van der Waals surface area (Å²) in [6, 6.07) is 0. The van der Waals surface area contributed by atoms with E-state index in [1.807, 2.05) is 0 Å². The van der Waals surface area contributed by atoms with Gasteiger partial charge in [-0.1, -0.05) is 0 Å². The Bertz CT molecular complexity index is 16.0. The van der Waals surface area contributed by atoms with Crippen molar-refractivity contribution < 1.29 is 74.9 Å². The van der Waals surface area contributed by atoms with Crippen molar-refractivity contribution in [3.63, 3.8) is 0 Å². The molecular formula is HCrFeKO4V. The van der Waals surface area contributed by atoms with Gasteiger partial charge in [0.25, 0.3) is 0 Å². The molecule has 8 heteroatoms. The van der Waals surface area contributed by atoms with E-state index in [4.69, 9.17) is 0 Å². The molecule has 8 heavy (non-hydrogen) atoms. The van der Waals surface area contributed by atoms with Crippen LogP contribution in [-0.4, -0.2) is 51.4 Å². The molecule has 0 fully saturated rings. The van der Waals surface area contributed by atoms with Crippen molar-refractivity contribution in [1.29, 1.82) is 0 Å². The smallest absolute Gasteiger partial charge is 2.00 e. The van der Waals surface area contributed by atoms with Crippen LogP contribution in [0.15, 0.2) is 0 Å². The first-order valence-electron chi connectivity index (χ1n) is 0. The third-order valence-electron chi connectivity index (χ3n) is 0. The molecule has 0 aromatic carbocycles. The quantitative estimate of drug-likeness (QED) is 0.492. The molecule has 0 spiro atoms. The summed E-state index contributed by atoms with van der Waals surface area (Å²) in [5.41, 5.74) is 0. The van der Waals surface area contributed by atoms with Gasteiger partial charge in [0.15, 0.2) is 0 Å². The summed E-state index contributed by atoms with van der Waals surface area (Å²) in [5.74, 6) is 0. The zero-order chi connectivity index (χ0) is 0. The molecule has 0 bridgehead atoms. The van der Waals surface area contributed by atoms with Crippen LogP contribution in [0.5, 0.6) is 0 Å². The van der Waals surface area contributed by atoms with Crippen molar-refractivity contribution in [1.82, 2.24) is 0 Å². The second-order valence-corrected chi connectivity index (χ2v) is 0. The Morgan fingerprint density at radius 2 is 0.625 bits per heavy atom. The third kappa shape index (κ3) is 61.9. The van der Waals surface area contributed by atoms with Gasteiger partial charge in [0.1, 0.15) is 0 Å². The minimum Gasteiger partial charge on any atom is -2.00 e. The van der Waals surface area contributed by atoms with Crippen LogP contribution < -0.4 is 0 Å². The Kier molecular flexibility index (Phi) is 1270. The Balaban J connectivity index is 0. The van der Waals surface area contributed by atoms with E-state index in [0.29, 0.717) is 0 Å². The van der Waals surface area contributed by atoms with Gasteiger partial charge in [0, 0.05) is 17.1 Å². The molecule has 0 heterocycles. The van der Waals surface area contributed by atoms with Gasteiger partial charge in [0.2, 0.25) is 0 Å². The van der Waals surface area contributed by atoms with Crippen molar-refractivity contribution in [2.75, 3.05) is 0 Å². The van der Waals surface area contributed by atoms with Gasteiger partial charge in [-0.3, -0.25) is 0 Å². The van der Waals surface area contributed by atoms with E-state index in [1.165, 1.54) is 0 Å². The van der Waals surface area contributed by atoms with Gasteiger partial charge in [-0.05, 0) is 0 Å². The van der Waals surface area contributed by atoms with Crippen LogP contribution in [0.4, 0.5) is 0 Å². The molecule has 0 rings (SSSR count). The monoisotopic (exact) mass is 263 g/mol. The molecule has 0 saturated heterocycles. The van der Waals surface area contributed by atoms with Gasteiger partial charge < -0.3 is 21.9 Å². The standard InChI is InChI=1S/Cr.Fe.K.4O.V.H/q+3;;;4*-2;+5;. The molecule has 1 radical (unpaired) electrons. The second-order valence-electron chi connectivity index (χ2n) is 0. The van der Waals surface area contributed by atoms with E-state index in [1.54, 1.807) is 0 Å². The van der Waals surface area contributed by atoms with Crippen molar-refractivity contribution in [2.45, 2.75) is 0 Å². The van der Waals surface area contributed by atoms with Crippen LogP contribution in [-0.2, 0) is 74.9 Å². The summed E-state index contributed by atoms with van der Waals surface area (Å²) in [5, 5.41) is 0. The zero-order valence-electron chi connectivity index (χ0n) is 2.84. The molecule has 4 nitrogen and oxygen atoms in total. The number of hydrogen-bond acceptors (Lipinski definition) is 0. The molecule has 0 aliphatic heterocycles. The van der Waals surface area contributed by atoms with E-state index in [-0.39, 0.29) is 126 Å². The molecule has 0 aromatic rings. The van der Waals surface area contributed by atoms with Gasteiger partial charge in [0.05, 0.1) is 0 Å². The summed E-state index contributed by atoms with van der Waals surface area (Å²) in [6.07, 6.45) is 0. The summed E-state index contributed by atoms with van der Waals surface area (Å²) in [4.78, 5) is 0.